The van der Waals surface area contributed by atoms with Crippen molar-refractivity contribution >= 4 is 5.97 Å². The van der Waals surface area contributed by atoms with Crippen molar-refractivity contribution in [1.29, 1.82) is 0 Å². The minimum Gasteiger partial charge on any atom is -0.480 e. The third kappa shape index (κ3) is 3.57. The molecule has 0 radical (unpaired) electrons. The van der Waals surface area contributed by atoms with Crippen molar-refractivity contribution < 1.29 is 9.90 Å². The number of aryl methyl sites for hydroxylation is 1. The van der Waals surface area contributed by atoms with E-state index in [-0.39, 0.29) is 12.0 Å². The summed E-state index contributed by atoms with van der Waals surface area (Å²) in [7, 11) is 0. The zero-order valence-corrected chi connectivity index (χ0v) is 10.9. The topological polar surface area (TPSA) is 40.5 Å². The van der Waals surface area contributed by atoms with Gasteiger partial charge in [0.05, 0.1) is 6.54 Å². The highest BCUT2D eigenvalue weighted by atomic mass is 16.4. The number of likely N-dealkylation sites (tertiary alicyclic amines) is 1. The number of carboxylic acids is 1. The summed E-state index contributed by atoms with van der Waals surface area (Å²) in [5, 5.41) is 8.81. The maximum absolute atomic E-state index is 10.7. The van der Waals surface area contributed by atoms with Crippen molar-refractivity contribution in [3.05, 3.63) is 35.9 Å². The van der Waals surface area contributed by atoms with Gasteiger partial charge in [0.1, 0.15) is 0 Å². The molecule has 1 N–H and O–H groups in total. The number of carboxylic acid groups (broad SMARTS) is 1. The lowest BCUT2D eigenvalue weighted by atomic mass is 9.83. The van der Waals surface area contributed by atoms with Crippen molar-refractivity contribution in [2.24, 2.45) is 5.41 Å². The molecule has 3 nitrogen and oxygen atoms in total. The minimum atomic E-state index is -0.720. The Bertz CT molecular complexity index is 404. The zero-order valence-electron chi connectivity index (χ0n) is 10.9. The second-order valence-corrected chi connectivity index (χ2v) is 5.65. The predicted octanol–water partition coefficient (Wildman–Crippen LogP) is 2.42. The molecule has 0 amide bonds. The Hall–Kier alpha value is -1.35. The smallest absolute Gasteiger partial charge is 0.317 e. The van der Waals surface area contributed by atoms with Crippen LogP contribution in [0, 0.1) is 5.41 Å². The van der Waals surface area contributed by atoms with Gasteiger partial charge in [-0.15, -0.1) is 0 Å². The van der Waals surface area contributed by atoms with E-state index >= 15 is 0 Å². The number of hydrogen-bond acceptors (Lipinski definition) is 2. The molecule has 0 aliphatic carbocycles. The van der Waals surface area contributed by atoms with E-state index in [0.717, 1.165) is 32.4 Å². The molecule has 98 valence electrons. The molecule has 3 heteroatoms. The van der Waals surface area contributed by atoms with Crippen LogP contribution < -0.4 is 0 Å². The first kappa shape index (κ1) is 13.1. The third-order valence-corrected chi connectivity index (χ3v) is 3.86. The molecule has 0 aromatic heterocycles. The number of benzene rings is 1. The number of rotatable bonds is 5. The van der Waals surface area contributed by atoms with Gasteiger partial charge in [0.15, 0.2) is 0 Å². The molecule has 1 aromatic carbocycles. The van der Waals surface area contributed by atoms with Crippen LogP contribution in [-0.2, 0) is 11.2 Å². The second kappa shape index (κ2) is 5.53. The molecule has 1 fully saturated rings. The van der Waals surface area contributed by atoms with Crippen molar-refractivity contribution in [3.63, 3.8) is 0 Å². The Balaban J connectivity index is 1.84. The predicted molar refractivity (Wildman–Crippen MR) is 71.6 cm³/mol. The number of aliphatic carboxylic acids is 1. The summed E-state index contributed by atoms with van der Waals surface area (Å²) in [4.78, 5) is 12.8. The molecular formula is C15H21NO2. The highest BCUT2D eigenvalue weighted by Crippen LogP contribution is 2.34. The summed E-state index contributed by atoms with van der Waals surface area (Å²) in [5.41, 5.74) is 1.64. The van der Waals surface area contributed by atoms with Gasteiger partial charge in [-0.25, -0.2) is 0 Å². The fourth-order valence-corrected chi connectivity index (χ4v) is 2.75. The summed E-state index contributed by atoms with van der Waals surface area (Å²) in [6, 6.07) is 10.5. The van der Waals surface area contributed by atoms with Crippen LogP contribution in [0.4, 0.5) is 0 Å². The Morgan fingerprint density at radius 1 is 1.39 bits per heavy atom. The molecule has 1 aliphatic heterocycles. The van der Waals surface area contributed by atoms with E-state index in [2.05, 4.69) is 31.2 Å². The van der Waals surface area contributed by atoms with Crippen LogP contribution in [0.2, 0.25) is 0 Å². The lowest BCUT2D eigenvalue weighted by Gasteiger charge is -2.24. The van der Waals surface area contributed by atoms with Crippen LogP contribution in [0.5, 0.6) is 0 Å². The van der Waals surface area contributed by atoms with Gasteiger partial charge in [-0.1, -0.05) is 37.3 Å². The highest BCUT2D eigenvalue weighted by molar-refractivity contribution is 5.69. The van der Waals surface area contributed by atoms with Crippen molar-refractivity contribution in [2.75, 3.05) is 19.6 Å². The molecule has 1 saturated heterocycles. The maximum Gasteiger partial charge on any atom is 0.317 e. The summed E-state index contributed by atoms with van der Waals surface area (Å²) in [5.74, 6) is -0.720. The van der Waals surface area contributed by atoms with E-state index < -0.39 is 5.97 Å². The third-order valence-electron chi connectivity index (χ3n) is 3.86. The molecule has 18 heavy (non-hydrogen) atoms. The molecule has 0 bridgehead atoms. The molecule has 1 aliphatic rings. The first-order valence-corrected chi connectivity index (χ1v) is 6.55. The molecule has 2 rings (SSSR count). The van der Waals surface area contributed by atoms with E-state index in [1.807, 2.05) is 11.0 Å². The summed E-state index contributed by atoms with van der Waals surface area (Å²) in [6.07, 6.45) is 3.32. The SMILES string of the molecule is CC1(CCc2ccccc2)CCN(CC(=O)O)C1. The normalized spacial score (nSPS) is 24.3. The maximum atomic E-state index is 10.7. The first-order valence-electron chi connectivity index (χ1n) is 6.55. The zero-order chi connectivity index (χ0) is 13.0. The van der Waals surface area contributed by atoms with Gasteiger partial charge in [-0.3, -0.25) is 9.69 Å². The lowest BCUT2D eigenvalue weighted by molar-refractivity contribution is -0.138. The second-order valence-electron chi connectivity index (χ2n) is 5.65. The molecule has 1 heterocycles. The monoisotopic (exact) mass is 247 g/mol. The molecule has 1 atom stereocenters. The Morgan fingerprint density at radius 3 is 2.78 bits per heavy atom. The Labute approximate surface area is 108 Å². The van der Waals surface area contributed by atoms with Crippen LogP contribution in [-0.4, -0.2) is 35.6 Å². The van der Waals surface area contributed by atoms with Crippen LogP contribution in [0.3, 0.4) is 0 Å². The standard InChI is InChI=1S/C15H21NO2/c1-15(8-7-13-5-3-2-4-6-13)9-10-16(12-15)11-14(17)18/h2-6H,7-12H2,1H3,(H,17,18). The van der Waals surface area contributed by atoms with Gasteiger partial charge < -0.3 is 5.11 Å². The van der Waals surface area contributed by atoms with Gasteiger partial charge in [-0.05, 0) is 36.8 Å². The van der Waals surface area contributed by atoms with Crippen LogP contribution in [0.1, 0.15) is 25.3 Å². The van der Waals surface area contributed by atoms with E-state index in [4.69, 9.17) is 5.11 Å². The lowest BCUT2D eigenvalue weighted by Crippen LogP contribution is -2.30. The first-order chi connectivity index (χ1) is 8.57. The van der Waals surface area contributed by atoms with Gasteiger partial charge >= 0.3 is 5.97 Å². The van der Waals surface area contributed by atoms with Crippen LogP contribution >= 0.6 is 0 Å². The molecule has 1 unspecified atom stereocenters. The Kier molecular flexibility index (Phi) is 4.02. The summed E-state index contributed by atoms with van der Waals surface area (Å²) >= 11 is 0. The summed E-state index contributed by atoms with van der Waals surface area (Å²) in [6.45, 7) is 4.28. The fourth-order valence-electron chi connectivity index (χ4n) is 2.75. The number of carbonyl (C=O) groups is 1. The van der Waals surface area contributed by atoms with Gasteiger partial charge in [0.25, 0.3) is 0 Å². The molecule has 0 saturated carbocycles. The molecule has 0 spiro atoms. The van der Waals surface area contributed by atoms with Gasteiger partial charge in [-0.2, -0.15) is 0 Å². The van der Waals surface area contributed by atoms with Crippen molar-refractivity contribution in [2.45, 2.75) is 26.2 Å². The average molecular weight is 247 g/mol. The largest absolute Gasteiger partial charge is 0.480 e. The Morgan fingerprint density at radius 2 is 2.11 bits per heavy atom. The van der Waals surface area contributed by atoms with Crippen molar-refractivity contribution in [1.82, 2.24) is 4.90 Å². The van der Waals surface area contributed by atoms with Gasteiger partial charge in [0, 0.05) is 6.54 Å². The average Bonchev–Trinajstić information content (AvgIpc) is 2.70. The van der Waals surface area contributed by atoms with Crippen LogP contribution in [0.15, 0.2) is 30.3 Å². The van der Waals surface area contributed by atoms with E-state index in [9.17, 15) is 4.79 Å². The van der Waals surface area contributed by atoms with Crippen molar-refractivity contribution in [3.8, 4) is 0 Å². The fraction of sp³-hybridized carbons (Fsp3) is 0.533. The number of nitrogens with zero attached hydrogens (tertiary/aromatic N) is 1. The molecular weight excluding hydrogens is 226 g/mol. The highest BCUT2D eigenvalue weighted by Gasteiger charge is 2.33. The van der Waals surface area contributed by atoms with Crippen LogP contribution in [0.25, 0.3) is 0 Å². The molecule has 1 aromatic rings. The van der Waals surface area contributed by atoms with E-state index in [0.29, 0.717) is 0 Å². The summed E-state index contributed by atoms with van der Waals surface area (Å²) < 4.78 is 0. The van der Waals surface area contributed by atoms with E-state index in [1.165, 1.54) is 5.56 Å². The number of hydrogen-bond donors (Lipinski definition) is 1. The van der Waals surface area contributed by atoms with E-state index in [1.54, 1.807) is 0 Å². The van der Waals surface area contributed by atoms with Gasteiger partial charge in [0.2, 0.25) is 0 Å². The quantitative estimate of drug-likeness (QED) is 0.868. The minimum absolute atomic E-state index is 0.181.